The van der Waals surface area contributed by atoms with Gasteiger partial charge in [0.05, 0.1) is 0 Å². The van der Waals surface area contributed by atoms with Crippen molar-refractivity contribution in [2.75, 3.05) is 0 Å². The topological polar surface area (TPSA) is 0 Å². The maximum atomic E-state index is 4.02. The highest BCUT2D eigenvalue weighted by atomic mass is 14.3. The molecule has 0 rings (SSSR count). The third kappa shape index (κ3) is 6.12. The second-order valence-corrected chi connectivity index (χ2v) is 6.35. The molecule has 0 heterocycles. The summed E-state index contributed by atoms with van der Waals surface area (Å²) in [7, 11) is 0. The molecule has 0 aromatic rings. The van der Waals surface area contributed by atoms with E-state index in [1.54, 1.807) is 0 Å². The summed E-state index contributed by atoms with van der Waals surface area (Å²) in [4.78, 5) is 0. The largest absolute Gasteiger partial charge is 0.0628 e. The molecule has 1 radical (unpaired) electrons. The van der Waals surface area contributed by atoms with Gasteiger partial charge in [-0.25, -0.2) is 0 Å². The maximum Gasteiger partial charge on any atom is -0.0347 e. The predicted octanol–water partition coefficient (Wildman–Crippen LogP) is 4.70. The fraction of sp³-hybridized carbons (Fsp3) is 0.923. The second-order valence-electron chi connectivity index (χ2n) is 6.35. The van der Waals surface area contributed by atoms with Crippen LogP contribution in [0.2, 0.25) is 0 Å². The molecule has 0 aliphatic carbocycles. The normalized spacial score (nSPS) is 13.8. The highest BCUT2D eigenvalue weighted by molar-refractivity contribution is 4.80. The van der Waals surface area contributed by atoms with Gasteiger partial charge in [-0.2, -0.15) is 0 Å². The van der Waals surface area contributed by atoms with E-state index in [9.17, 15) is 0 Å². The first kappa shape index (κ1) is 13.0. The van der Waals surface area contributed by atoms with Crippen LogP contribution in [-0.4, -0.2) is 0 Å². The molecule has 0 aliphatic rings. The minimum absolute atomic E-state index is 0.401. The molecule has 0 saturated carbocycles. The Hall–Kier alpha value is 0. The van der Waals surface area contributed by atoms with Gasteiger partial charge in [0.25, 0.3) is 0 Å². The van der Waals surface area contributed by atoms with Crippen LogP contribution in [0.3, 0.4) is 0 Å². The predicted molar refractivity (Wildman–Crippen MR) is 61.6 cm³/mol. The summed E-state index contributed by atoms with van der Waals surface area (Å²) >= 11 is 0. The average Bonchev–Trinajstić information content (AvgIpc) is 1.81. The Morgan fingerprint density at radius 3 is 1.77 bits per heavy atom. The molecule has 0 fully saturated rings. The van der Waals surface area contributed by atoms with Crippen molar-refractivity contribution in [2.24, 2.45) is 16.7 Å². The van der Waals surface area contributed by atoms with Crippen LogP contribution in [0.4, 0.5) is 0 Å². The molecule has 0 unspecified atom stereocenters. The van der Waals surface area contributed by atoms with Gasteiger partial charge in [0.15, 0.2) is 0 Å². The van der Waals surface area contributed by atoms with Gasteiger partial charge in [-0.05, 0) is 36.0 Å². The van der Waals surface area contributed by atoms with Crippen LogP contribution >= 0.6 is 0 Å². The van der Waals surface area contributed by atoms with Crippen LogP contribution in [0.15, 0.2) is 0 Å². The van der Waals surface area contributed by atoms with Gasteiger partial charge in [0.2, 0.25) is 0 Å². The number of rotatable bonds is 5. The molecule has 0 heteroatoms. The van der Waals surface area contributed by atoms with Gasteiger partial charge in [0, 0.05) is 0 Å². The fourth-order valence-corrected chi connectivity index (χ4v) is 2.56. The fourth-order valence-electron chi connectivity index (χ4n) is 2.56. The van der Waals surface area contributed by atoms with Gasteiger partial charge in [-0.1, -0.05) is 48.5 Å². The van der Waals surface area contributed by atoms with E-state index in [0.29, 0.717) is 10.8 Å². The molecular formula is C13H27. The summed E-state index contributed by atoms with van der Waals surface area (Å²) < 4.78 is 0. The zero-order valence-corrected chi connectivity index (χ0v) is 10.4. The minimum atomic E-state index is 0.401. The Balaban J connectivity index is 4.16. The van der Waals surface area contributed by atoms with Crippen molar-refractivity contribution in [1.82, 2.24) is 0 Å². The third-order valence-corrected chi connectivity index (χ3v) is 2.59. The van der Waals surface area contributed by atoms with Crippen LogP contribution in [0.1, 0.15) is 60.8 Å². The molecule has 0 aromatic carbocycles. The molecule has 0 nitrogen and oxygen atoms in total. The maximum absolute atomic E-state index is 4.02. The van der Waals surface area contributed by atoms with E-state index in [4.69, 9.17) is 0 Å². The van der Waals surface area contributed by atoms with Crippen LogP contribution in [0, 0.1) is 23.7 Å². The summed E-state index contributed by atoms with van der Waals surface area (Å²) in [6.07, 6.45) is 3.63. The molecule has 13 heavy (non-hydrogen) atoms. The average molecular weight is 183 g/mol. The molecule has 0 aliphatic heterocycles. The van der Waals surface area contributed by atoms with Gasteiger partial charge in [-0.3, -0.25) is 0 Å². The lowest BCUT2D eigenvalue weighted by molar-refractivity contribution is 0.166. The highest BCUT2D eigenvalue weighted by Crippen LogP contribution is 2.39. The first-order valence-corrected chi connectivity index (χ1v) is 5.48. The zero-order chi connectivity index (χ0) is 10.7. The Morgan fingerprint density at radius 1 is 1.00 bits per heavy atom. The van der Waals surface area contributed by atoms with E-state index < -0.39 is 0 Å². The van der Waals surface area contributed by atoms with Crippen LogP contribution in [-0.2, 0) is 0 Å². The van der Waals surface area contributed by atoms with Crippen molar-refractivity contribution in [2.45, 2.75) is 60.8 Å². The first-order valence-electron chi connectivity index (χ1n) is 5.48. The smallest absolute Gasteiger partial charge is 0.0347 e. The number of hydrogen-bond acceptors (Lipinski definition) is 0. The summed E-state index contributed by atoms with van der Waals surface area (Å²) in [5.74, 6) is 0.801. The molecule has 0 saturated heterocycles. The Labute approximate surface area is 85.1 Å². The molecular weight excluding hydrogens is 156 g/mol. The van der Waals surface area contributed by atoms with Crippen LogP contribution in [0.25, 0.3) is 0 Å². The monoisotopic (exact) mass is 183 g/mol. The quantitative estimate of drug-likeness (QED) is 0.579. The first-order chi connectivity index (χ1) is 5.68. The van der Waals surface area contributed by atoms with E-state index in [1.807, 2.05) is 0 Å². The lowest BCUT2D eigenvalue weighted by Gasteiger charge is -2.35. The molecule has 0 atom stereocenters. The number of hydrogen-bond donors (Lipinski definition) is 0. The van der Waals surface area contributed by atoms with Crippen LogP contribution in [0.5, 0.6) is 0 Å². The van der Waals surface area contributed by atoms with Crippen molar-refractivity contribution in [3.8, 4) is 0 Å². The van der Waals surface area contributed by atoms with Crippen molar-refractivity contribution < 1.29 is 0 Å². The van der Waals surface area contributed by atoms with Gasteiger partial charge in [0.1, 0.15) is 0 Å². The van der Waals surface area contributed by atoms with E-state index in [0.717, 1.165) is 12.3 Å². The summed E-state index contributed by atoms with van der Waals surface area (Å²) in [6.45, 7) is 18.0. The Morgan fingerprint density at radius 2 is 1.46 bits per heavy atom. The van der Waals surface area contributed by atoms with Crippen molar-refractivity contribution in [1.29, 1.82) is 0 Å². The summed E-state index contributed by atoms with van der Waals surface area (Å²) in [6, 6.07) is 0. The lowest BCUT2D eigenvalue weighted by atomic mass is 9.70. The molecule has 0 spiro atoms. The molecule has 79 valence electrons. The minimum Gasteiger partial charge on any atom is -0.0628 e. The van der Waals surface area contributed by atoms with Crippen LogP contribution < -0.4 is 0 Å². The molecule has 0 bridgehead atoms. The van der Waals surface area contributed by atoms with E-state index in [1.165, 1.54) is 12.8 Å². The van der Waals surface area contributed by atoms with Gasteiger partial charge < -0.3 is 0 Å². The lowest BCUT2D eigenvalue weighted by Crippen LogP contribution is -2.24. The summed E-state index contributed by atoms with van der Waals surface area (Å²) in [5, 5.41) is 0. The summed E-state index contributed by atoms with van der Waals surface area (Å²) in [5.41, 5.74) is 0.869. The standard InChI is InChI=1S/C13H27/c1-8-12(4,5)10-13(6,7)9-11(2)3/h11H,1,8-10H2,2-7H3. The van der Waals surface area contributed by atoms with Gasteiger partial charge >= 0.3 is 0 Å². The Bertz CT molecular complexity index is 140. The molecule has 0 aromatic heterocycles. The molecule has 0 N–H and O–H groups in total. The van der Waals surface area contributed by atoms with Gasteiger partial charge in [-0.15, -0.1) is 0 Å². The highest BCUT2D eigenvalue weighted by Gasteiger charge is 2.27. The third-order valence-electron chi connectivity index (χ3n) is 2.59. The SMILES string of the molecule is [CH2]CC(C)(C)CC(C)(C)CC(C)C. The van der Waals surface area contributed by atoms with E-state index >= 15 is 0 Å². The molecule has 0 amide bonds. The Kier molecular flexibility index (Phi) is 4.48. The van der Waals surface area contributed by atoms with E-state index in [2.05, 4.69) is 48.5 Å². The van der Waals surface area contributed by atoms with E-state index in [-0.39, 0.29) is 0 Å². The van der Waals surface area contributed by atoms with Crippen molar-refractivity contribution >= 4 is 0 Å². The van der Waals surface area contributed by atoms with Crippen molar-refractivity contribution in [3.05, 3.63) is 6.92 Å². The zero-order valence-electron chi connectivity index (χ0n) is 10.4. The second kappa shape index (κ2) is 4.48. The van der Waals surface area contributed by atoms with Crippen molar-refractivity contribution in [3.63, 3.8) is 0 Å².